The molecule has 71 heavy (non-hydrogen) atoms. The fourth-order valence-corrected chi connectivity index (χ4v) is 9.11. The van der Waals surface area contributed by atoms with Gasteiger partial charge in [0.05, 0.1) is 0 Å². The Morgan fingerprint density at radius 2 is 0.704 bits per heavy atom. The number of carbonyl (C=O) groups excluding carboxylic acids is 2. The number of benzene rings is 9. The van der Waals surface area contributed by atoms with Crippen LogP contribution in [0.2, 0.25) is 0 Å². The van der Waals surface area contributed by atoms with E-state index in [-0.39, 0.29) is 18.0 Å². The number of rotatable bonds is 11. The van der Waals surface area contributed by atoms with Crippen LogP contribution >= 0.6 is 0 Å². The predicted octanol–water partition coefficient (Wildman–Crippen LogP) is 15.2. The van der Waals surface area contributed by atoms with Crippen molar-refractivity contribution in [1.29, 1.82) is 0 Å². The van der Waals surface area contributed by atoms with Crippen LogP contribution in [0, 0.1) is 23.7 Å². The van der Waals surface area contributed by atoms with Crippen molar-refractivity contribution in [3.05, 3.63) is 328 Å². The Morgan fingerprint density at radius 1 is 0.338 bits per heavy atom. The second-order valence-corrected chi connectivity index (χ2v) is 17.2. The zero-order valence-corrected chi connectivity index (χ0v) is 39.0. The molecule has 0 atom stereocenters. The van der Waals surface area contributed by atoms with E-state index in [4.69, 9.17) is 0 Å². The van der Waals surface area contributed by atoms with Gasteiger partial charge in [-0.25, -0.2) is 0 Å². The lowest BCUT2D eigenvalue weighted by Crippen LogP contribution is -2.07. The molecule has 0 bridgehead atoms. The van der Waals surface area contributed by atoms with Crippen molar-refractivity contribution < 1.29 is 9.59 Å². The van der Waals surface area contributed by atoms with Crippen molar-refractivity contribution in [2.75, 3.05) is 0 Å². The lowest BCUT2D eigenvalue weighted by atomic mass is 9.83. The third kappa shape index (κ3) is 10.2. The van der Waals surface area contributed by atoms with E-state index in [1.807, 2.05) is 224 Å². The number of Topliss-reactive ketones (excluding diaryl/α,β-unsaturated/α-hetero) is 2. The molecule has 9 aromatic carbocycles. The van der Waals surface area contributed by atoms with Crippen LogP contribution < -0.4 is 0 Å². The van der Waals surface area contributed by atoms with Crippen LogP contribution in [0.25, 0.3) is 39.0 Å². The van der Waals surface area contributed by atoms with E-state index >= 15 is 9.59 Å². The number of allylic oxidation sites excluding steroid dienone is 6. The van der Waals surface area contributed by atoms with E-state index in [1.54, 1.807) is 0 Å². The minimum absolute atomic E-state index is 0.0618. The highest BCUT2D eigenvalue weighted by molar-refractivity contribution is 6.59. The molecule has 0 saturated heterocycles. The minimum atomic E-state index is -0.0685. The predicted molar refractivity (Wildman–Crippen MR) is 293 cm³/mol. The van der Waals surface area contributed by atoms with Gasteiger partial charge in [-0.3, -0.25) is 9.59 Å². The maximum atomic E-state index is 15.4. The molecule has 0 aliphatic heterocycles. The lowest BCUT2D eigenvalue weighted by Gasteiger charge is -2.19. The molecule has 2 nitrogen and oxygen atoms in total. The largest absolute Gasteiger partial charge is 0.294 e. The zero-order valence-electron chi connectivity index (χ0n) is 39.0. The van der Waals surface area contributed by atoms with Crippen molar-refractivity contribution in [3.8, 4) is 23.7 Å². The van der Waals surface area contributed by atoms with Crippen LogP contribution in [0.3, 0.4) is 0 Å². The highest BCUT2D eigenvalue weighted by Crippen LogP contribution is 2.50. The van der Waals surface area contributed by atoms with Crippen LogP contribution in [0.5, 0.6) is 0 Å². The first-order valence-electron chi connectivity index (χ1n) is 23.6. The SMILES string of the molecule is C=C(CC(=O)/C(=C(/c1ccc(C#Cc2ccccc2)cc1)c1cccc(C2=C(c3ccccc3)C(=O)C(c3ccccc3)=C2c2ccc(C#Cc3ccccc3)cc2)c1)c1ccccc1)c1ccccc1. The normalized spacial score (nSPS) is 12.3. The molecule has 0 heterocycles. The van der Waals surface area contributed by atoms with Gasteiger partial charge in [0.2, 0.25) is 0 Å². The van der Waals surface area contributed by atoms with E-state index < -0.39 is 0 Å². The topological polar surface area (TPSA) is 34.1 Å². The summed E-state index contributed by atoms with van der Waals surface area (Å²) in [5, 5.41) is 0. The first kappa shape index (κ1) is 45.2. The Kier molecular flexibility index (Phi) is 13.5. The molecule has 0 N–H and O–H groups in total. The van der Waals surface area contributed by atoms with Gasteiger partial charge in [0.15, 0.2) is 11.6 Å². The second-order valence-electron chi connectivity index (χ2n) is 17.2. The Hall–Kier alpha value is -9.60. The smallest absolute Gasteiger partial charge is 0.195 e. The van der Waals surface area contributed by atoms with E-state index in [0.717, 1.165) is 89.1 Å². The van der Waals surface area contributed by atoms with Crippen LogP contribution in [-0.4, -0.2) is 11.6 Å². The number of carbonyl (C=O) groups is 2. The number of hydrogen-bond acceptors (Lipinski definition) is 2. The summed E-state index contributed by atoms with van der Waals surface area (Å²) in [6, 6.07) is 84.1. The van der Waals surface area contributed by atoms with Gasteiger partial charge < -0.3 is 0 Å². The Labute approximate surface area is 416 Å². The molecule has 1 aliphatic carbocycles. The molecular weight excluding hydrogens is 861 g/mol. The molecule has 0 radical (unpaired) electrons. The molecule has 0 aromatic heterocycles. The molecule has 9 aromatic rings. The van der Waals surface area contributed by atoms with E-state index in [2.05, 4.69) is 60.6 Å². The molecule has 0 unspecified atom stereocenters. The molecule has 10 rings (SSSR count). The molecule has 0 spiro atoms. The Bertz CT molecular complexity index is 3630. The van der Waals surface area contributed by atoms with Crippen molar-refractivity contribution in [2.24, 2.45) is 0 Å². The van der Waals surface area contributed by atoms with Crippen LogP contribution in [0.15, 0.2) is 261 Å². The lowest BCUT2D eigenvalue weighted by molar-refractivity contribution is -0.112. The van der Waals surface area contributed by atoms with E-state index in [1.165, 1.54) is 0 Å². The summed E-state index contributed by atoms with van der Waals surface area (Å²) in [5.74, 6) is 13.1. The van der Waals surface area contributed by atoms with E-state index in [0.29, 0.717) is 16.7 Å². The summed E-state index contributed by atoms with van der Waals surface area (Å²) >= 11 is 0. The summed E-state index contributed by atoms with van der Waals surface area (Å²) in [7, 11) is 0. The molecule has 334 valence electrons. The highest BCUT2D eigenvalue weighted by Gasteiger charge is 2.36. The summed E-state index contributed by atoms with van der Waals surface area (Å²) < 4.78 is 0. The summed E-state index contributed by atoms with van der Waals surface area (Å²) in [5.41, 5.74) is 15.2. The third-order valence-corrected chi connectivity index (χ3v) is 12.5. The van der Waals surface area contributed by atoms with Gasteiger partial charge in [-0.15, -0.1) is 0 Å². The maximum absolute atomic E-state index is 15.4. The van der Waals surface area contributed by atoms with Crippen molar-refractivity contribution >= 4 is 50.6 Å². The first-order valence-corrected chi connectivity index (χ1v) is 23.6. The summed E-state index contributed by atoms with van der Waals surface area (Å²) in [4.78, 5) is 30.6. The summed E-state index contributed by atoms with van der Waals surface area (Å²) in [6.45, 7) is 4.40. The van der Waals surface area contributed by atoms with E-state index in [9.17, 15) is 0 Å². The molecule has 2 heteroatoms. The first-order chi connectivity index (χ1) is 35.0. The van der Waals surface area contributed by atoms with Crippen LogP contribution in [0.4, 0.5) is 0 Å². The van der Waals surface area contributed by atoms with Gasteiger partial charge in [0.25, 0.3) is 0 Å². The third-order valence-electron chi connectivity index (χ3n) is 12.5. The van der Waals surface area contributed by atoms with Gasteiger partial charge in [0, 0.05) is 62.1 Å². The molecule has 0 fully saturated rings. The summed E-state index contributed by atoms with van der Waals surface area (Å²) in [6.07, 6.45) is 0.106. The average Bonchev–Trinajstić information content (AvgIpc) is 3.75. The Balaban J connectivity index is 1.19. The van der Waals surface area contributed by atoms with Crippen molar-refractivity contribution in [2.45, 2.75) is 6.42 Å². The van der Waals surface area contributed by atoms with Crippen LogP contribution in [-0.2, 0) is 9.59 Å². The van der Waals surface area contributed by atoms with Crippen molar-refractivity contribution in [3.63, 3.8) is 0 Å². The fraction of sp³-hybridized carbons (Fsp3) is 0.0145. The van der Waals surface area contributed by atoms with Crippen molar-refractivity contribution in [1.82, 2.24) is 0 Å². The number of hydrogen-bond donors (Lipinski definition) is 0. The number of ketones is 2. The van der Waals surface area contributed by atoms with Crippen LogP contribution in [0.1, 0.15) is 73.2 Å². The molecule has 1 aliphatic rings. The maximum Gasteiger partial charge on any atom is 0.195 e. The Morgan fingerprint density at radius 3 is 1.20 bits per heavy atom. The zero-order chi connectivity index (χ0) is 48.4. The molecular formula is C69H46O2. The highest BCUT2D eigenvalue weighted by atomic mass is 16.1. The molecule has 0 amide bonds. The standard InChI is InChI=1S/C69H46O2/c1-49(54-25-12-4-13-26-54)47-62(70)64(55-27-14-5-15-28-55)63(58-43-39-52(40-44-58)37-35-50-21-8-2-9-22-50)60-33-20-34-61(48-60)66-65(59-45-41-53(42-46-59)38-36-51-23-10-3-11-24-51)67(56-29-16-6-17-30-56)69(71)68(66)57-31-18-7-19-32-57/h2-34,39-46,48H,1,47H2/b64-63-. The molecule has 0 saturated carbocycles. The van der Waals surface area contributed by atoms with Gasteiger partial charge in [-0.2, -0.15) is 0 Å². The monoisotopic (exact) mass is 906 g/mol. The van der Waals surface area contributed by atoms with Gasteiger partial charge >= 0.3 is 0 Å². The quantitative estimate of drug-likeness (QED) is 0.0736. The minimum Gasteiger partial charge on any atom is -0.294 e. The fourth-order valence-electron chi connectivity index (χ4n) is 9.11. The van der Waals surface area contributed by atoms with Gasteiger partial charge in [-0.05, 0) is 105 Å². The average molecular weight is 907 g/mol. The van der Waals surface area contributed by atoms with Gasteiger partial charge in [0.1, 0.15) is 0 Å². The van der Waals surface area contributed by atoms with Gasteiger partial charge in [-0.1, -0.05) is 230 Å². The second kappa shape index (κ2) is 21.1.